The second kappa shape index (κ2) is 5.37. The van der Waals surface area contributed by atoms with Crippen LogP contribution in [0.2, 0.25) is 0 Å². The monoisotopic (exact) mass is 257 g/mol. The minimum atomic E-state index is -1.11. The molecule has 0 radical (unpaired) electrons. The lowest BCUT2D eigenvalue weighted by molar-refractivity contribution is -0.156. The largest absolute Gasteiger partial charge is 0.465 e. The number of hydrogen-bond donors (Lipinski definition) is 1. The second-order valence-corrected chi connectivity index (χ2v) is 5.67. The van der Waals surface area contributed by atoms with Crippen LogP contribution >= 0.6 is 0 Å². The molecule has 1 N–H and O–H groups in total. The van der Waals surface area contributed by atoms with E-state index in [9.17, 15) is 14.4 Å². The number of carbonyl (C=O) groups is 3. The number of ketones is 1. The van der Waals surface area contributed by atoms with Crippen molar-refractivity contribution in [1.82, 2.24) is 4.90 Å². The normalized spacial score (nSPS) is 20.7. The summed E-state index contributed by atoms with van der Waals surface area (Å²) in [6.07, 6.45) is -1.04. The summed E-state index contributed by atoms with van der Waals surface area (Å²) in [6, 6.07) is 0. The Morgan fingerprint density at radius 2 is 2.06 bits per heavy atom. The maximum absolute atomic E-state index is 11.8. The van der Waals surface area contributed by atoms with E-state index in [4.69, 9.17) is 9.84 Å². The number of carboxylic acid groups (broad SMARTS) is 1. The number of nitrogens with zero attached hydrogens (tertiary/aromatic N) is 1. The van der Waals surface area contributed by atoms with Gasteiger partial charge in [0.2, 0.25) is 0 Å². The molecule has 1 atom stereocenters. The summed E-state index contributed by atoms with van der Waals surface area (Å²) < 4.78 is 5.07. The number of Topliss-reactive ketones (excluding diaryl/α,β-unsaturated/α-hetero) is 1. The molecule has 0 aromatic carbocycles. The van der Waals surface area contributed by atoms with Gasteiger partial charge in [-0.05, 0) is 5.41 Å². The molecule has 1 amide bonds. The van der Waals surface area contributed by atoms with Gasteiger partial charge >= 0.3 is 12.1 Å². The second-order valence-electron chi connectivity index (χ2n) is 5.67. The van der Waals surface area contributed by atoms with Gasteiger partial charge in [0.15, 0.2) is 5.78 Å². The van der Waals surface area contributed by atoms with Gasteiger partial charge in [0.1, 0.15) is 5.92 Å². The maximum atomic E-state index is 11.8. The van der Waals surface area contributed by atoms with Gasteiger partial charge < -0.3 is 14.7 Å². The minimum absolute atomic E-state index is 0.0710. The molecule has 1 aliphatic rings. The number of rotatable bonds is 2. The average molecular weight is 257 g/mol. The first kappa shape index (κ1) is 14.5. The molecule has 1 heterocycles. The van der Waals surface area contributed by atoms with Crippen molar-refractivity contribution in [3.63, 3.8) is 0 Å². The van der Waals surface area contributed by atoms with Gasteiger partial charge in [-0.25, -0.2) is 4.79 Å². The SMILES string of the molecule is CC(C)(C)COC(=O)C1CN(C(=O)O)CCC1=O. The fraction of sp³-hybridized carbons (Fsp3) is 0.750. The van der Waals surface area contributed by atoms with Crippen molar-refractivity contribution < 1.29 is 24.2 Å². The molecule has 0 aromatic rings. The number of piperidine rings is 1. The number of esters is 1. The van der Waals surface area contributed by atoms with E-state index >= 15 is 0 Å². The zero-order valence-electron chi connectivity index (χ0n) is 10.9. The Bertz CT molecular complexity index is 358. The molecule has 1 rings (SSSR count). The molecule has 0 bridgehead atoms. The standard InChI is InChI=1S/C12H19NO5/c1-12(2,3)7-18-10(15)8-6-13(11(16)17)5-4-9(8)14/h8H,4-7H2,1-3H3,(H,16,17). The van der Waals surface area contributed by atoms with E-state index in [0.717, 1.165) is 4.90 Å². The highest BCUT2D eigenvalue weighted by Gasteiger charge is 2.36. The minimum Gasteiger partial charge on any atom is -0.465 e. The van der Waals surface area contributed by atoms with Crippen LogP contribution in [0.5, 0.6) is 0 Å². The van der Waals surface area contributed by atoms with E-state index in [1.807, 2.05) is 20.8 Å². The Kier molecular flexibility index (Phi) is 4.32. The Morgan fingerprint density at radius 1 is 1.44 bits per heavy atom. The van der Waals surface area contributed by atoms with Crippen molar-refractivity contribution >= 4 is 17.8 Å². The maximum Gasteiger partial charge on any atom is 0.407 e. The summed E-state index contributed by atoms with van der Waals surface area (Å²) in [7, 11) is 0. The Balaban J connectivity index is 2.59. The Labute approximate surface area is 106 Å². The van der Waals surface area contributed by atoms with Gasteiger partial charge in [0, 0.05) is 19.5 Å². The third-order valence-corrected chi connectivity index (χ3v) is 2.62. The van der Waals surface area contributed by atoms with Crippen LogP contribution in [0.4, 0.5) is 4.79 Å². The van der Waals surface area contributed by atoms with Crippen LogP contribution in [-0.2, 0) is 14.3 Å². The van der Waals surface area contributed by atoms with Crippen LogP contribution in [0.3, 0.4) is 0 Å². The summed E-state index contributed by atoms with van der Waals surface area (Å²) in [5.41, 5.74) is -0.181. The van der Waals surface area contributed by atoms with E-state index in [-0.39, 0.29) is 37.3 Å². The van der Waals surface area contributed by atoms with Crippen molar-refractivity contribution in [3.05, 3.63) is 0 Å². The van der Waals surface area contributed by atoms with Gasteiger partial charge in [-0.2, -0.15) is 0 Å². The molecule has 6 heteroatoms. The first-order valence-electron chi connectivity index (χ1n) is 5.88. The molecule has 0 aliphatic carbocycles. The molecule has 1 saturated heterocycles. The van der Waals surface area contributed by atoms with E-state index in [2.05, 4.69) is 0 Å². The number of amides is 1. The fourth-order valence-corrected chi connectivity index (χ4v) is 1.60. The average Bonchev–Trinajstić information content (AvgIpc) is 2.25. The molecule has 0 spiro atoms. The molecule has 102 valence electrons. The molecule has 6 nitrogen and oxygen atoms in total. The topological polar surface area (TPSA) is 83.9 Å². The van der Waals surface area contributed by atoms with Gasteiger partial charge in [0.05, 0.1) is 6.61 Å². The highest BCUT2D eigenvalue weighted by Crippen LogP contribution is 2.18. The zero-order valence-corrected chi connectivity index (χ0v) is 10.9. The van der Waals surface area contributed by atoms with Crippen LogP contribution in [0.25, 0.3) is 0 Å². The molecule has 18 heavy (non-hydrogen) atoms. The van der Waals surface area contributed by atoms with E-state index in [1.54, 1.807) is 0 Å². The summed E-state index contributed by atoms with van der Waals surface area (Å²) in [4.78, 5) is 35.3. The third kappa shape index (κ3) is 4.01. The highest BCUT2D eigenvalue weighted by molar-refractivity contribution is 6.00. The van der Waals surface area contributed by atoms with Gasteiger partial charge in [0.25, 0.3) is 0 Å². The highest BCUT2D eigenvalue weighted by atomic mass is 16.5. The fourth-order valence-electron chi connectivity index (χ4n) is 1.60. The molecule has 0 aromatic heterocycles. The third-order valence-electron chi connectivity index (χ3n) is 2.62. The Morgan fingerprint density at radius 3 is 2.56 bits per heavy atom. The Hall–Kier alpha value is -1.59. The number of likely N-dealkylation sites (tertiary alicyclic amines) is 1. The lowest BCUT2D eigenvalue weighted by Gasteiger charge is -2.29. The molecule has 1 aliphatic heterocycles. The van der Waals surface area contributed by atoms with Crippen LogP contribution < -0.4 is 0 Å². The van der Waals surface area contributed by atoms with Crippen molar-refractivity contribution in [1.29, 1.82) is 0 Å². The summed E-state index contributed by atoms with van der Waals surface area (Å²) in [5, 5.41) is 8.85. The van der Waals surface area contributed by atoms with E-state index in [1.165, 1.54) is 0 Å². The smallest absolute Gasteiger partial charge is 0.407 e. The van der Waals surface area contributed by atoms with Crippen molar-refractivity contribution in [2.75, 3.05) is 19.7 Å². The number of hydrogen-bond acceptors (Lipinski definition) is 4. The van der Waals surface area contributed by atoms with E-state index in [0.29, 0.717) is 0 Å². The summed E-state index contributed by atoms with van der Waals surface area (Å²) in [6.45, 7) is 5.99. The van der Waals surface area contributed by atoms with Crippen LogP contribution in [0.1, 0.15) is 27.2 Å². The predicted molar refractivity (Wildman–Crippen MR) is 63.1 cm³/mol. The summed E-state index contributed by atoms with van der Waals surface area (Å²) >= 11 is 0. The lowest BCUT2D eigenvalue weighted by Crippen LogP contribution is -2.47. The summed E-state index contributed by atoms with van der Waals surface area (Å²) in [5.74, 6) is -1.84. The zero-order chi connectivity index (χ0) is 13.9. The van der Waals surface area contributed by atoms with Crippen molar-refractivity contribution in [3.8, 4) is 0 Å². The van der Waals surface area contributed by atoms with Crippen molar-refractivity contribution in [2.24, 2.45) is 11.3 Å². The molecule has 1 unspecified atom stereocenters. The van der Waals surface area contributed by atoms with Crippen molar-refractivity contribution in [2.45, 2.75) is 27.2 Å². The molecule has 0 saturated carbocycles. The predicted octanol–water partition coefficient (Wildman–Crippen LogP) is 1.14. The van der Waals surface area contributed by atoms with Gasteiger partial charge in [-0.15, -0.1) is 0 Å². The lowest BCUT2D eigenvalue weighted by atomic mass is 9.96. The quantitative estimate of drug-likeness (QED) is 0.592. The molecule has 1 fully saturated rings. The first-order chi connectivity index (χ1) is 8.20. The molecular weight excluding hydrogens is 238 g/mol. The number of ether oxygens (including phenoxy) is 1. The first-order valence-corrected chi connectivity index (χ1v) is 5.88. The van der Waals surface area contributed by atoms with Crippen LogP contribution in [0.15, 0.2) is 0 Å². The van der Waals surface area contributed by atoms with Crippen LogP contribution in [-0.4, -0.2) is 47.5 Å². The van der Waals surface area contributed by atoms with Crippen LogP contribution in [0, 0.1) is 11.3 Å². The van der Waals surface area contributed by atoms with Gasteiger partial charge in [-0.3, -0.25) is 9.59 Å². The van der Waals surface area contributed by atoms with Gasteiger partial charge in [-0.1, -0.05) is 20.8 Å². The molecular formula is C12H19NO5. The number of carbonyl (C=O) groups excluding carboxylic acids is 2. The van der Waals surface area contributed by atoms with E-state index < -0.39 is 18.0 Å².